The van der Waals surface area contributed by atoms with Crippen LogP contribution in [0, 0.1) is 11.3 Å². The summed E-state index contributed by atoms with van der Waals surface area (Å²) in [5, 5.41) is 19.1. The number of anilines is 1. The Morgan fingerprint density at radius 2 is 1.81 bits per heavy atom. The summed E-state index contributed by atoms with van der Waals surface area (Å²) >= 11 is 0. The lowest BCUT2D eigenvalue weighted by atomic mass is 10.0. The van der Waals surface area contributed by atoms with Gasteiger partial charge in [0.05, 0.1) is 37.0 Å². The molecule has 1 aliphatic rings. The second-order valence-electron chi connectivity index (χ2n) is 8.30. The summed E-state index contributed by atoms with van der Waals surface area (Å²) in [6.45, 7) is 3.26. The van der Waals surface area contributed by atoms with E-state index in [1.165, 1.54) is 12.1 Å². The first-order chi connectivity index (χ1) is 17.6. The number of rotatable bonds is 7. The van der Waals surface area contributed by atoms with Crippen LogP contribution in [0.15, 0.2) is 77.6 Å². The van der Waals surface area contributed by atoms with Gasteiger partial charge in [0.1, 0.15) is 18.2 Å². The zero-order valence-electron chi connectivity index (χ0n) is 19.4. The smallest absolute Gasteiger partial charge is 0.335 e. The van der Waals surface area contributed by atoms with E-state index in [0.717, 1.165) is 35.5 Å². The van der Waals surface area contributed by atoms with Gasteiger partial charge in [0, 0.05) is 35.5 Å². The lowest BCUT2D eigenvalue weighted by Gasteiger charge is -2.28. The second-order valence-corrected chi connectivity index (χ2v) is 8.30. The van der Waals surface area contributed by atoms with Gasteiger partial charge in [0.2, 0.25) is 5.88 Å². The lowest BCUT2D eigenvalue weighted by molar-refractivity contribution is 0.0697. The molecule has 1 N–H and O–H groups in total. The minimum Gasteiger partial charge on any atom is -0.478 e. The molecule has 0 saturated carbocycles. The average Bonchev–Trinajstić information content (AvgIpc) is 3.47. The average molecular weight is 482 g/mol. The summed E-state index contributed by atoms with van der Waals surface area (Å²) < 4.78 is 16.7. The molecular formula is C28H23N3O5. The van der Waals surface area contributed by atoms with Gasteiger partial charge in [-0.05, 0) is 42.0 Å². The second kappa shape index (κ2) is 10.3. The number of furan rings is 1. The first-order valence-electron chi connectivity index (χ1n) is 11.5. The van der Waals surface area contributed by atoms with Crippen molar-refractivity contribution in [3.05, 3.63) is 89.9 Å². The molecule has 180 valence electrons. The number of nitrogens with zero attached hydrogens (tertiary/aromatic N) is 3. The van der Waals surface area contributed by atoms with Gasteiger partial charge in [-0.25, -0.2) is 9.78 Å². The minimum absolute atomic E-state index is 0.131. The van der Waals surface area contributed by atoms with Crippen LogP contribution in [0.1, 0.15) is 21.5 Å². The molecule has 5 rings (SSSR count). The predicted molar refractivity (Wildman–Crippen MR) is 133 cm³/mol. The highest BCUT2D eigenvalue weighted by Crippen LogP contribution is 2.34. The Morgan fingerprint density at radius 1 is 1.06 bits per heavy atom. The summed E-state index contributed by atoms with van der Waals surface area (Å²) in [6, 6.07) is 20.4. The van der Waals surface area contributed by atoms with E-state index in [-0.39, 0.29) is 18.1 Å². The van der Waals surface area contributed by atoms with Gasteiger partial charge in [-0.2, -0.15) is 5.26 Å². The number of aromatic nitrogens is 1. The maximum Gasteiger partial charge on any atom is 0.335 e. The molecule has 2 aromatic heterocycles. The van der Waals surface area contributed by atoms with Crippen molar-refractivity contribution in [1.82, 2.24) is 4.98 Å². The van der Waals surface area contributed by atoms with Crippen molar-refractivity contribution in [3.8, 4) is 34.3 Å². The maximum atomic E-state index is 11.1. The highest BCUT2D eigenvalue weighted by atomic mass is 16.5. The zero-order chi connectivity index (χ0) is 24.9. The molecule has 8 heteroatoms. The molecule has 0 bridgehead atoms. The van der Waals surface area contributed by atoms with Gasteiger partial charge in [0.15, 0.2) is 0 Å². The fraction of sp³-hybridized carbons (Fsp3) is 0.179. The van der Waals surface area contributed by atoms with E-state index in [0.29, 0.717) is 30.0 Å². The highest BCUT2D eigenvalue weighted by molar-refractivity contribution is 5.87. The monoisotopic (exact) mass is 481 g/mol. The van der Waals surface area contributed by atoms with E-state index < -0.39 is 5.97 Å². The molecule has 0 aliphatic carbocycles. The third kappa shape index (κ3) is 4.92. The first-order valence-corrected chi connectivity index (χ1v) is 11.5. The van der Waals surface area contributed by atoms with Crippen LogP contribution in [0.5, 0.6) is 5.88 Å². The SMILES string of the molecule is N#Cc1c(-c2ccoc2)cc(-c2ccc(N3CCOCC3)cc2)nc1OCc1ccc(C(=O)O)cc1. The van der Waals surface area contributed by atoms with Crippen LogP contribution in [-0.4, -0.2) is 42.4 Å². The third-order valence-electron chi connectivity index (χ3n) is 6.05. The first kappa shape index (κ1) is 23.1. The van der Waals surface area contributed by atoms with E-state index in [9.17, 15) is 10.1 Å². The number of morpholine rings is 1. The summed E-state index contributed by atoms with van der Waals surface area (Å²) in [7, 11) is 0. The van der Waals surface area contributed by atoms with Gasteiger partial charge in [0.25, 0.3) is 0 Å². The van der Waals surface area contributed by atoms with Crippen LogP contribution in [0.25, 0.3) is 22.4 Å². The molecule has 3 heterocycles. The van der Waals surface area contributed by atoms with Crippen molar-refractivity contribution in [3.63, 3.8) is 0 Å². The van der Waals surface area contributed by atoms with Crippen molar-refractivity contribution < 1.29 is 23.8 Å². The number of pyridine rings is 1. The van der Waals surface area contributed by atoms with Crippen molar-refractivity contribution in [2.45, 2.75) is 6.61 Å². The largest absolute Gasteiger partial charge is 0.478 e. The summed E-state index contributed by atoms with van der Waals surface area (Å²) in [5.74, 6) is -0.793. The molecule has 1 aliphatic heterocycles. The Bertz CT molecular complexity index is 1390. The minimum atomic E-state index is -0.993. The van der Waals surface area contributed by atoms with Crippen molar-refractivity contribution >= 4 is 11.7 Å². The molecule has 36 heavy (non-hydrogen) atoms. The Kier molecular flexibility index (Phi) is 6.65. The molecule has 4 aromatic rings. The van der Waals surface area contributed by atoms with Crippen molar-refractivity contribution in [2.24, 2.45) is 0 Å². The van der Waals surface area contributed by atoms with Crippen LogP contribution in [0.2, 0.25) is 0 Å². The van der Waals surface area contributed by atoms with Crippen molar-refractivity contribution in [1.29, 1.82) is 5.26 Å². The number of nitriles is 1. The quantitative estimate of drug-likeness (QED) is 0.393. The third-order valence-corrected chi connectivity index (χ3v) is 6.05. The molecule has 0 spiro atoms. The van der Waals surface area contributed by atoms with E-state index in [1.54, 1.807) is 30.7 Å². The van der Waals surface area contributed by atoms with E-state index in [4.69, 9.17) is 19.0 Å². The highest BCUT2D eigenvalue weighted by Gasteiger charge is 2.18. The van der Waals surface area contributed by atoms with E-state index in [2.05, 4.69) is 28.1 Å². The molecule has 0 amide bonds. The van der Waals surface area contributed by atoms with Gasteiger partial charge in [-0.1, -0.05) is 24.3 Å². The molecule has 2 aromatic carbocycles. The Morgan fingerprint density at radius 3 is 2.44 bits per heavy atom. The number of aromatic carboxylic acids is 1. The number of carboxylic acids is 1. The Balaban J connectivity index is 1.48. The van der Waals surface area contributed by atoms with Gasteiger partial charge < -0.3 is 23.9 Å². The fourth-order valence-corrected chi connectivity index (χ4v) is 4.09. The number of ether oxygens (including phenoxy) is 2. The number of hydrogen-bond acceptors (Lipinski definition) is 7. The molecular weight excluding hydrogens is 458 g/mol. The Labute approximate surface area is 208 Å². The number of carboxylic acid groups (broad SMARTS) is 1. The van der Waals surface area contributed by atoms with Gasteiger partial charge >= 0.3 is 5.97 Å². The molecule has 1 saturated heterocycles. The summed E-state index contributed by atoms with van der Waals surface area (Å²) in [4.78, 5) is 18.1. The lowest BCUT2D eigenvalue weighted by Crippen LogP contribution is -2.36. The predicted octanol–water partition coefficient (Wildman–Crippen LogP) is 4.99. The number of hydrogen-bond donors (Lipinski definition) is 1. The molecule has 0 unspecified atom stereocenters. The number of benzene rings is 2. The van der Waals surface area contributed by atoms with Gasteiger partial charge in [-0.3, -0.25) is 0 Å². The van der Waals surface area contributed by atoms with Crippen LogP contribution < -0.4 is 9.64 Å². The molecule has 1 fully saturated rings. The number of carbonyl (C=O) groups is 1. The normalized spacial score (nSPS) is 13.2. The fourth-order valence-electron chi connectivity index (χ4n) is 4.09. The maximum absolute atomic E-state index is 11.1. The topological polar surface area (TPSA) is 109 Å². The molecule has 8 nitrogen and oxygen atoms in total. The van der Waals surface area contributed by atoms with Crippen molar-refractivity contribution in [2.75, 3.05) is 31.2 Å². The van der Waals surface area contributed by atoms with E-state index >= 15 is 0 Å². The summed E-state index contributed by atoms with van der Waals surface area (Å²) in [5.41, 5.74) is 5.32. The van der Waals surface area contributed by atoms with Crippen LogP contribution >= 0.6 is 0 Å². The van der Waals surface area contributed by atoms with Crippen LogP contribution in [-0.2, 0) is 11.3 Å². The summed E-state index contributed by atoms with van der Waals surface area (Å²) in [6.07, 6.45) is 3.13. The molecule has 0 radical (unpaired) electrons. The van der Waals surface area contributed by atoms with Crippen LogP contribution in [0.3, 0.4) is 0 Å². The van der Waals surface area contributed by atoms with E-state index in [1.807, 2.05) is 18.2 Å². The zero-order valence-corrected chi connectivity index (χ0v) is 19.4. The van der Waals surface area contributed by atoms with Gasteiger partial charge in [-0.15, -0.1) is 0 Å². The molecule has 0 atom stereocenters. The standard InChI is InChI=1S/C28H23N3O5/c29-16-25-24(22-9-12-35-18-22)15-26(20-5-7-23(8-6-20)31-10-13-34-14-11-31)30-27(25)36-17-19-1-3-21(4-2-19)28(32)33/h1-9,12,15,18H,10-11,13-14,17H2,(H,32,33). The van der Waals surface area contributed by atoms with Crippen LogP contribution in [0.4, 0.5) is 5.69 Å². The Hall–Kier alpha value is -4.61.